The lowest BCUT2D eigenvalue weighted by atomic mass is 10.0. The lowest BCUT2D eigenvalue weighted by Crippen LogP contribution is -2.20. The van der Waals surface area contributed by atoms with E-state index in [1.54, 1.807) is 0 Å². The van der Waals surface area contributed by atoms with Gasteiger partial charge in [-0.25, -0.2) is 0 Å². The second kappa shape index (κ2) is 7.34. The first-order valence-electron chi connectivity index (χ1n) is 7.39. The van der Waals surface area contributed by atoms with Gasteiger partial charge in [0.1, 0.15) is 5.75 Å². The first-order valence-corrected chi connectivity index (χ1v) is 7.39. The zero-order valence-electron chi connectivity index (χ0n) is 12.1. The van der Waals surface area contributed by atoms with E-state index in [0.717, 1.165) is 50.6 Å². The second-order valence-corrected chi connectivity index (χ2v) is 5.58. The van der Waals surface area contributed by atoms with E-state index in [1.165, 1.54) is 11.1 Å². The third-order valence-corrected chi connectivity index (χ3v) is 3.30. The average Bonchev–Trinajstić information content (AvgIpc) is 2.42. The molecular weight excluding hydrogens is 234 g/mol. The molecule has 1 aliphatic heterocycles. The molecule has 2 rings (SSSR count). The third kappa shape index (κ3) is 4.39. The molecule has 0 aromatic heterocycles. The molecule has 2 nitrogen and oxygen atoms in total. The van der Waals surface area contributed by atoms with Gasteiger partial charge in [0.25, 0.3) is 0 Å². The molecule has 0 amide bonds. The summed E-state index contributed by atoms with van der Waals surface area (Å²) < 4.78 is 5.80. The van der Waals surface area contributed by atoms with Crippen LogP contribution in [0.15, 0.2) is 24.3 Å². The van der Waals surface area contributed by atoms with E-state index in [4.69, 9.17) is 4.74 Å². The molecule has 1 aliphatic rings. The maximum atomic E-state index is 5.80. The molecule has 1 aromatic carbocycles. The average molecular weight is 259 g/mol. The SMILES string of the molecule is CC(C)CNCC/C=C/c1cccc2c1OCCC2. The van der Waals surface area contributed by atoms with E-state index in [2.05, 4.69) is 49.5 Å². The number of nitrogens with one attached hydrogen (secondary N) is 1. The highest BCUT2D eigenvalue weighted by molar-refractivity contribution is 5.60. The van der Waals surface area contributed by atoms with Crippen molar-refractivity contribution in [3.63, 3.8) is 0 Å². The van der Waals surface area contributed by atoms with Crippen LogP contribution in [-0.4, -0.2) is 19.7 Å². The summed E-state index contributed by atoms with van der Waals surface area (Å²) in [5, 5.41) is 3.45. The number of rotatable bonds is 6. The molecule has 0 fully saturated rings. The fraction of sp³-hybridized carbons (Fsp3) is 0.529. The van der Waals surface area contributed by atoms with Crippen molar-refractivity contribution in [1.82, 2.24) is 5.32 Å². The maximum absolute atomic E-state index is 5.80. The monoisotopic (exact) mass is 259 g/mol. The van der Waals surface area contributed by atoms with Crippen molar-refractivity contribution in [3.8, 4) is 5.75 Å². The molecule has 1 aromatic rings. The van der Waals surface area contributed by atoms with E-state index in [9.17, 15) is 0 Å². The fourth-order valence-corrected chi connectivity index (χ4v) is 2.33. The van der Waals surface area contributed by atoms with E-state index in [0.29, 0.717) is 0 Å². The minimum Gasteiger partial charge on any atom is -0.493 e. The number of hydrogen-bond donors (Lipinski definition) is 1. The van der Waals surface area contributed by atoms with E-state index in [-0.39, 0.29) is 0 Å². The van der Waals surface area contributed by atoms with Crippen LogP contribution in [0.25, 0.3) is 6.08 Å². The molecule has 0 saturated heterocycles. The number of ether oxygens (including phenoxy) is 1. The van der Waals surface area contributed by atoms with Crippen LogP contribution >= 0.6 is 0 Å². The standard InChI is InChI=1S/C17H25NO/c1-14(2)13-18-11-4-3-7-15-8-5-9-16-10-6-12-19-17(15)16/h3,5,7-9,14,18H,4,6,10-13H2,1-2H3/b7-3+. The Labute approximate surface area is 116 Å². The summed E-state index contributed by atoms with van der Waals surface area (Å²) in [7, 11) is 0. The molecule has 104 valence electrons. The quantitative estimate of drug-likeness (QED) is 0.787. The molecule has 0 aliphatic carbocycles. The normalized spacial score (nSPS) is 14.7. The highest BCUT2D eigenvalue weighted by Gasteiger charge is 2.12. The Morgan fingerprint density at radius 3 is 3.11 bits per heavy atom. The van der Waals surface area contributed by atoms with Crippen LogP contribution in [0.4, 0.5) is 0 Å². The highest BCUT2D eigenvalue weighted by Crippen LogP contribution is 2.29. The van der Waals surface area contributed by atoms with Crippen molar-refractivity contribution in [2.75, 3.05) is 19.7 Å². The van der Waals surface area contributed by atoms with Gasteiger partial charge in [0, 0.05) is 5.56 Å². The zero-order valence-corrected chi connectivity index (χ0v) is 12.1. The Morgan fingerprint density at radius 2 is 2.26 bits per heavy atom. The van der Waals surface area contributed by atoms with Gasteiger partial charge in [-0.3, -0.25) is 0 Å². The second-order valence-electron chi connectivity index (χ2n) is 5.58. The predicted molar refractivity (Wildman–Crippen MR) is 81.6 cm³/mol. The van der Waals surface area contributed by atoms with Gasteiger partial charge < -0.3 is 10.1 Å². The number of para-hydroxylation sites is 1. The lowest BCUT2D eigenvalue weighted by molar-refractivity contribution is 0.287. The van der Waals surface area contributed by atoms with Crippen molar-refractivity contribution < 1.29 is 4.74 Å². The molecule has 0 spiro atoms. The molecule has 1 heterocycles. The zero-order chi connectivity index (χ0) is 13.5. The van der Waals surface area contributed by atoms with E-state index >= 15 is 0 Å². The molecule has 0 unspecified atom stereocenters. The molecule has 0 radical (unpaired) electrons. The van der Waals surface area contributed by atoms with Crippen LogP contribution in [0, 0.1) is 5.92 Å². The summed E-state index contributed by atoms with van der Waals surface area (Å²) in [6.07, 6.45) is 7.78. The van der Waals surface area contributed by atoms with Gasteiger partial charge in [0.2, 0.25) is 0 Å². The van der Waals surface area contributed by atoms with Crippen LogP contribution in [-0.2, 0) is 6.42 Å². The van der Waals surface area contributed by atoms with Gasteiger partial charge in [-0.2, -0.15) is 0 Å². The number of fused-ring (bicyclic) bond motifs is 1. The van der Waals surface area contributed by atoms with Gasteiger partial charge in [-0.15, -0.1) is 0 Å². The number of aryl methyl sites for hydroxylation is 1. The Kier molecular flexibility index (Phi) is 5.46. The summed E-state index contributed by atoms with van der Waals surface area (Å²) in [5.41, 5.74) is 2.58. The number of hydrogen-bond acceptors (Lipinski definition) is 2. The summed E-state index contributed by atoms with van der Waals surface area (Å²) >= 11 is 0. The lowest BCUT2D eigenvalue weighted by Gasteiger charge is -2.18. The molecule has 2 heteroatoms. The molecular formula is C17H25NO. The first-order chi connectivity index (χ1) is 9.27. The van der Waals surface area contributed by atoms with Crippen LogP contribution in [0.3, 0.4) is 0 Å². The smallest absolute Gasteiger partial charge is 0.129 e. The fourth-order valence-electron chi connectivity index (χ4n) is 2.33. The molecule has 0 bridgehead atoms. The Balaban J connectivity index is 1.85. The van der Waals surface area contributed by atoms with Crippen LogP contribution in [0.5, 0.6) is 5.75 Å². The summed E-state index contributed by atoms with van der Waals surface area (Å²) in [6.45, 7) is 7.46. The Bertz CT molecular complexity index is 423. The van der Waals surface area contributed by atoms with Gasteiger partial charge in [-0.1, -0.05) is 44.2 Å². The van der Waals surface area contributed by atoms with E-state index in [1.807, 2.05) is 0 Å². The van der Waals surface area contributed by atoms with Gasteiger partial charge in [0.15, 0.2) is 0 Å². The van der Waals surface area contributed by atoms with Crippen molar-refractivity contribution in [3.05, 3.63) is 35.4 Å². The maximum Gasteiger partial charge on any atom is 0.129 e. The Hall–Kier alpha value is -1.28. The number of benzene rings is 1. The van der Waals surface area contributed by atoms with Gasteiger partial charge in [-0.05, 0) is 43.8 Å². The molecule has 0 atom stereocenters. The van der Waals surface area contributed by atoms with Crippen molar-refractivity contribution in [2.45, 2.75) is 33.1 Å². The van der Waals surface area contributed by atoms with E-state index < -0.39 is 0 Å². The first kappa shape index (κ1) is 14.1. The molecule has 19 heavy (non-hydrogen) atoms. The van der Waals surface area contributed by atoms with Gasteiger partial charge >= 0.3 is 0 Å². The van der Waals surface area contributed by atoms with Crippen LogP contribution in [0.1, 0.15) is 37.8 Å². The van der Waals surface area contributed by atoms with Crippen molar-refractivity contribution >= 4 is 6.08 Å². The largest absolute Gasteiger partial charge is 0.493 e. The summed E-state index contributed by atoms with van der Waals surface area (Å²) in [5.74, 6) is 1.82. The van der Waals surface area contributed by atoms with Gasteiger partial charge in [0.05, 0.1) is 6.61 Å². The summed E-state index contributed by atoms with van der Waals surface area (Å²) in [4.78, 5) is 0. The third-order valence-electron chi connectivity index (χ3n) is 3.30. The van der Waals surface area contributed by atoms with Crippen molar-refractivity contribution in [2.24, 2.45) is 5.92 Å². The molecule has 1 N–H and O–H groups in total. The van der Waals surface area contributed by atoms with Crippen LogP contribution < -0.4 is 10.1 Å². The van der Waals surface area contributed by atoms with Crippen molar-refractivity contribution in [1.29, 1.82) is 0 Å². The molecule has 0 saturated carbocycles. The minimum absolute atomic E-state index is 0.721. The highest BCUT2D eigenvalue weighted by atomic mass is 16.5. The predicted octanol–water partition coefficient (Wildman–Crippen LogP) is 3.66. The topological polar surface area (TPSA) is 21.3 Å². The summed E-state index contributed by atoms with van der Waals surface area (Å²) in [6, 6.07) is 6.45. The Morgan fingerprint density at radius 1 is 1.37 bits per heavy atom. The van der Waals surface area contributed by atoms with Crippen LogP contribution in [0.2, 0.25) is 0 Å². The minimum atomic E-state index is 0.721.